The van der Waals surface area contributed by atoms with E-state index in [0.29, 0.717) is 17.9 Å². The molecule has 0 fully saturated rings. The van der Waals surface area contributed by atoms with Gasteiger partial charge in [0.25, 0.3) is 5.91 Å². The minimum atomic E-state index is -0.0794. The molecule has 21 heavy (non-hydrogen) atoms. The number of aliphatic hydroxyl groups is 1. The molecule has 3 N–H and O–H groups in total. The Balaban J connectivity index is 3.07. The summed E-state index contributed by atoms with van der Waals surface area (Å²) in [5.74, 6) is 0.294. The number of nitrogens with zero attached hydrogens (tertiary/aromatic N) is 2. The Morgan fingerprint density at radius 2 is 2.00 bits per heavy atom. The quantitative estimate of drug-likeness (QED) is 0.770. The number of nitrogen functional groups attached to an aromatic ring is 1. The average molecular weight is 293 g/mol. The number of carbonyl (C=O) groups is 1. The van der Waals surface area contributed by atoms with Crippen LogP contribution in [0.5, 0.6) is 0 Å². The largest absolute Gasteiger partial charge is 0.395 e. The van der Waals surface area contributed by atoms with Crippen molar-refractivity contribution in [3.63, 3.8) is 0 Å². The van der Waals surface area contributed by atoms with Gasteiger partial charge in [-0.3, -0.25) is 4.79 Å². The van der Waals surface area contributed by atoms with Crippen LogP contribution in [-0.2, 0) is 6.42 Å². The van der Waals surface area contributed by atoms with E-state index in [1.807, 2.05) is 6.07 Å². The maximum absolute atomic E-state index is 12.7. The molecule has 0 spiro atoms. The van der Waals surface area contributed by atoms with Gasteiger partial charge in [-0.25, -0.2) is 4.98 Å². The lowest BCUT2D eigenvalue weighted by Crippen LogP contribution is -2.41. The molecule has 0 saturated carbocycles. The Bertz CT molecular complexity index is 459. The zero-order valence-electron chi connectivity index (χ0n) is 13.3. The number of aliphatic hydroxyl groups excluding tert-OH is 1. The maximum atomic E-state index is 12.7. The standard InChI is InChI=1S/C16H27N3O2/c1-4-7-13-10-12(11-15(17)18-13)16(21)19(8-9-20)14(5-2)6-3/h10-11,14,20H,4-9H2,1-3H3,(H2,17,18). The zero-order chi connectivity index (χ0) is 15.8. The van der Waals surface area contributed by atoms with E-state index < -0.39 is 0 Å². The van der Waals surface area contributed by atoms with Crippen LogP contribution in [0.2, 0.25) is 0 Å². The third-order valence-electron chi connectivity index (χ3n) is 3.64. The van der Waals surface area contributed by atoms with Gasteiger partial charge in [0.05, 0.1) is 6.61 Å². The molecular weight excluding hydrogens is 266 g/mol. The summed E-state index contributed by atoms with van der Waals surface area (Å²) in [7, 11) is 0. The molecule has 0 aromatic carbocycles. The molecule has 5 heteroatoms. The minimum Gasteiger partial charge on any atom is -0.395 e. The van der Waals surface area contributed by atoms with E-state index in [4.69, 9.17) is 5.73 Å². The summed E-state index contributed by atoms with van der Waals surface area (Å²) in [6.07, 6.45) is 3.49. The van der Waals surface area contributed by atoms with Gasteiger partial charge in [0, 0.05) is 23.8 Å². The van der Waals surface area contributed by atoms with Crippen molar-refractivity contribution in [3.05, 3.63) is 23.4 Å². The molecule has 5 nitrogen and oxygen atoms in total. The number of aryl methyl sites for hydroxylation is 1. The van der Waals surface area contributed by atoms with Crippen molar-refractivity contribution in [3.8, 4) is 0 Å². The number of rotatable bonds is 8. The van der Waals surface area contributed by atoms with E-state index >= 15 is 0 Å². The molecule has 1 amide bonds. The molecule has 0 radical (unpaired) electrons. The van der Waals surface area contributed by atoms with E-state index in [-0.39, 0.29) is 18.6 Å². The summed E-state index contributed by atoms with van der Waals surface area (Å²) in [5, 5.41) is 9.23. The molecule has 1 aromatic rings. The first-order valence-electron chi connectivity index (χ1n) is 7.75. The maximum Gasteiger partial charge on any atom is 0.254 e. The van der Waals surface area contributed by atoms with E-state index in [1.165, 1.54) is 0 Å². The lowest BCUT2D eigenvalue weighted by molar-refractivity contribution is 0.0622. The molecule has 1 aromatic heterocycles. The molecule has 0 bridgehead atoms. The van der Waals surface area contributed by atoms with Crippen molar-refractivity contribution in [1.82, 2.24) is 9.88 Å². The summed E-state index contributed by atoms with van der Waals surface area (Å²) in [5.41, 5.74) is 7.21. The highest BCUT2D eigenvalue weighted by Gasteiger charge is 2.22. The van der Waals surface area contributed by atoms with E-state index in [2.05, 4.69) is 25.8 Å². The number of anilines is 1. The molecule has 1 rings (SSSR count). The SMILES string of the molecule is CCCc1cc(C(=O)N(CCO)C(CC)CC)cc(N)n1. The molecule has 0 unspecified atom stereocenters. The monoisotopic (exact) mass is 293 g/mol. The molecule has 0 saturated heterocycles. The van der Waals surface area contributed by atoms with Crippen molar-refractivity contribution < 1.29 is 9.90 Å². The zero-order valence-corrected chi connectivity index (χ0v) is 13.3. The number of nitrogens with two attached hydrogens (primary N) is 1. The number of hydrogen-bond acceptors (Lipinski definition) is 4. The predicted octanol–water partition coefficient (Wildman–Crippen LogP) is 2.24. The Kier molecular flexibility index (Phi) is 7.15. The fourth-order valence-corrected chi connectivity index (χ4v) is 2.57. The Labute approximate surface area is 127 Å². The predicted molar refractivity (Wildman–Crippen MR) is 85.1 cm³/mol. The molecule has 0 atom stereocenters. The van der Waals surface area contributed by atoms with Crippen molar-refractivity contribution >= 4 is 11.7 Å². The Morgan fingerprint density at radius 3 is 2.52 bits per heavy atom. The summed E-state index contributed by atoms with van der Waals surface area (Å²) in [6, 6.07) is 3.57. The number of carbonyl (C=O) groups excluding carboxylic acids is 1. The summed E-state index contributed by atoms with van der Waals surface area (Å²) < 4.78 is 0. The van der Waals surface area contributed by atoms with Crippen molar-refractivity contribution in [1.29, 1.82) is 0 Å². The topological polar surface area (TPSA) is 79.5 Å². The highest BCUT2D eigenvalue weighted by atomic mass is 16.3. The van der Waals surface area contributed by atoms with Crippen LogP contribution in [0.4, 0.5) is 5.82 Å². The minimum absolute atomic E-state index is 0.0371. The smallest absolute Gasteiger partial charge is 0.254 e. The van der Waals surface area contributed by atoms with Crippen LogP contribution >= 0.6 is 0 Å². The van der Waals surface area contributed by atoms with E-state index in [1.54, 1.807) is 11.0 Å². The normalized spacial score (nSPS) is 10.9. The van der Waals surface area contributed by atoms with Gasteiger partial charge in [0.1, 0.15) is 5.82 Å². The summed E-state index contributed by atoms with van der Waals surface area (Å²) in [6.45, 7) is 6.47. The number of pyridine rings is 1. The first kappa shape index (κ1) is 17.4. The second-order valence-electron chi connectivity index (χ2n) is 5.21. The van der Waals surface area contributed by atoms with Crippen LogP contribution in [0.25, 0.3) is 0 Å². The molecule has 0 aliphatic heterocycles. The second kappa shape index (κ2) is 8.62. The molecule has 1 heterocycles. The van der Waals surface area contributed by atoms with Crippen molar-refractivity contribution in [2.75, 3.05) is 18.9 Å². The first-order chi connectivity index (χ1) is 10.1. The van der Waals surface area contributed by atoms with Crippen LogP contribution in [0, 0.1) is 0 Å². The number of hydrogen-bond donors (Lipinski definition) is 2. The lowest BCUT2D eigenvalue weighted by atomic mass is 10.1. The number of amides is 1. The van der Waals surface area contributed by atoms with E-state index in [0.717, 1.165) is 31.4 Å². The average Bonchev–Trinajstić information content (AvgIpc) is 2.46. The molecular formula is C16H27N3O2. The first-order valence-corrected chi connectivity index (χ1v) is 7.75. The second-order valence-corrected chi connectivity index (χ2v) is 5.21. The van der Waals surface area contributed by atoms with Gasteiger partial charge in [-0.05, 0) is 31.4 Å². The number of aromatic nitrogens is 1. The Hall–Kier alpha value is -1.62. The molecule has 118 valence electrons. The van der Waals surface area contributed by atoms with Gasteiger partial charge < -0.3 is 15.7 Å². The van der Waals surface area contributed by atoms with Gasteiger partial charge in [-0.2, -0.15) is 0 Å². The van der Waals surface area contributed by atoms with Gasteiger partial charge in [0.15, 0.2) is 0 Å². The van der Waals surface area contributed by atoms with Gasteiger partial charge in [-0.15, -0.1) is 0 Å². The van der Waals surface area contributed by atoms with Gasteiger partial charge in [-0.1, -0.05) is 27.2 Å². The summed E-state index contributed by atoms with van der Waals surface area (Å²) in [4.78, 5) is 18.7. The van der Waals surface area contributed by atoms with Crippen LogP contribution < -0.4 is 5.73 Å². The van der Waals surface area contributed by atoms with Crippen LogP contribution in [0.1, 0.15) is 56.1 Å². The van der Waals surface area contributed by atoms with E-state index in [9.17, 15) is 9.90 Å². The van der Waals surface area contributed by atoms with Crippen LogP contribution in [0.15, 0.2) is 12.1 Å². The van der Waals surface area contributed by atoms with Gasteiger partial charge in [0.2, 0.25) is 0 Å². The molecule has 0 aliphatic rings. The lowest BCUT2D eigenvalue weighted by Gasteiger charge is -2.30. The highest BCUT2D eigenvalue weighted by Crippen LogP contribution is 2.16. The van der Waals surface area contributed by atoms with Crippen LogP contribution in [-0.4, -0.2) is 40.1 Å². The van der Waals surface area contributed by atoms with Crippen molar-refractivity contribution in [2.45, 2.75) is 52.5 Å². The van der Waals surface area contributed by atoms with Crippen LogP contribution in [0.3, 0.4) is 0 Å². The molecule has 0 aliphatic carbocycles. The van der Waals surface area contributed by atoms with Crippen molar-refractivity contribution in [2.24, 2.45) is 0 Å². The van der Waals surface area contributed by atoms with Gasteiger partial charge >= 0.3 is 0 Å². The summed E-state index contributed by atoms with van der Waals surface area (Å²) >= 11 is 0. The Morgan fingerprint density at radius 1 is 1.33 bits per heavy atom. The third kappa shape index (κ3) is 4.70. The fourth-order valence-electron chi connectivity index (χ4n) is 2.57. The highest BCUT2D eigenvalue weighted by molar-refractivity contribution is 5.95. The fraction of sp³-hybridized carbons (Fsp3) is 0.625. The third-order valence-corrected chi connectivity index (χ3v) is 3.64.